The maximum atomic E-state index is 12.3. The molecule has 1 fully saturated rings. The minimum atomic E-state index is -0.0681. The predicted molar refractivity (Wildman–Crippen MR) is 89.3 cm³/mol. The van der Waals surface area contributed by atoms with E-state index in [0.717, 1.165) is 25.2 Å². The number of benzene rings is 1. The monoisotopic (exact) mass is 340 g/mol. The van der Waals surface area contributed by atoms with E-state index >= 15 is 0 Å². The molecule has 1 amide bonds. The fourth-order valence-corrected chi connectivity index (χ4v) is 2.58. The third-order valence-electron chi connectivity index (χ3n) is 3.63. The van der Waals surface area contributed by atoms with Crippen molar-refractivity contribution in [2.45, 2.75) is 19.4 Å². The Hall–Kier alpha value is -1.56. The first-order chi connectivity index (χ1) is 10.1. The standard InChI is InChI=1S/C15H17ClN4O.ClH/c1-10-14(15(21)18-12-6-7-17-8-12)9-20(19-10)13-4-2-11(16)3-5-13;/h2-5,9,12,17H,6-8H2,1H3,(H,18,21);1H. The number of carbonyl (C=O) groups is 1. The molecule has 2 N–H and O–H groups in total. The van der Waals surface area contributed by atoms with Crippen LogP contribution in [0.15, 0.2) is 30.5 Å². The van der Waals surface area contributed by atoms with Gasteiger partial charge < -0.3 is 10.6 Å². The Balaban J connectivity index is 0.00000176. The Morgan fingerprint density at radius 3 is 2.77 bits per heavy atom. The average Bonchev–Trinajstić information content (AvgIpc) is 3.09. The van der Waals surface area contributed by atoms with E-state index in [9.17, 15) is 4.79 Å². The van der Waals surface area contributed by atoms with Crippen LogP contribution in [0.1, 0.15) is 22.5 Å². The molecule has 1 unspecified atom stereocenters. The first kappa shape index (κ1) is 16.8. The molecule has 0 bridgehead atoms. The number of aryl methyl sites for hydroxylation is 1. The van der Waals surface area contributed by atoms with Gasteiger partial charge in [-0.25, -0.2) is 4.68 Å². The van der Waals surface area contributed by atoms with Gasteiger partial charge in [-0.3, -0.25) is 4.79 Å². The summed E-state index contributed by atoms with van der Waals surface area (Å²) in [6.07, 6.45) is 2.73. The molecule has 0 spiro atoms. The largest absolute Gasteiger partial charge is 0.348 e. The summed E-state index contributed by atoms with van der Waals surface area (Å²) in [5.74, 6) is -0.0681. The van der Waals surface area contributed by atoms with Crippen LogP contribution in [0.2, 0.25) is 5.02 Å². The van der Waals surface area contributed by atoms with Gasteiger partial charge in [-0.1, -0.05) is 11.6 Å². The molecule has 0 aliphatic carbocycles. The van der Waals surface area contributed by atoms with Crippen LogP contribution in [-0.2, 0) is 0 Å². The maximum absolute atomic E-state index is 12.3. The van der Waals surface area contributed by atoms with E-state index in [4.69, 9.17) is 11.6 Å². The minimum Gasteiger partial charge on any atom is -0.348 e. The third-order valence-corrected chi connectivity index (χ3v) is 3.88. The molecular weight excluding hydrogens is 323 g/mol. The van der Waals surface area contributed by atoms with Gasteiger partial charge in [0.15, 0.2) is 0 Å². The summed E-state index contributed by atoms with van der Waals surface area (Å²) in [4.78, 5) is 12.3. The fourth-order valence-electron chi connectivity index (χ4n) is 2.45. The maximum Gasteiger partial charge on any atom is 0.255 e. The molecule has 1 aliphatic rings. The van der Waals surface area contributed by atoms with Crippen molar-refractivity contribution < 1.29 is 4.79 Å². The van der Waals surface area contributed by atoms with Gasteiger partial charge in [-0.05, 0) is 44.2 Å². The summed E-state index contributed by atoms with van der Waals surface area (Å²) in [7, 11) is 0. The molecule has 0 radical (unpaired) electrons. The highest BCUT2D eigenvalue weighted by Crippen LogP contribution is 2.15. The Kier molecular flexibility index (Phi) is 5.45. The molecule has 1 atom stereocenters. The number of carbonyl (C=O) groups excluding carboxylic acids is 1. The van der Waals surface area contributed by atoms with Crippen LogP contribution in [0.3, 0.4) is 0 Å². The molecule has 1 aromatic carbocycles. The van der Waals surface area contributed by atoms with Crippen molar-refractivity contribution in [3.63, 3.8) is 0 Å². The number of amides is 1. The summed E-state index contributed by atoms with van der Waals surface area (Å²) < 4.78 is 1.70. The third kappa shape index (κ3) is 3.61. The van der Waals surface area contributed by atoms with Crippen molar-refractivity contribution in [2.75, 3.05) is 13.1 Å². The van der Waals surface area contributed by atoms with Gasteiger partial charge in [0.2, 0.25) is 0 Å². The topological polar surface area (TPSA) is 59.0 Å². The summed E-state index contributed by atoms with van der Waals surface area (Å²) >= 11 is 5.88. The van der Waals surface area contributed by atoms with Crippen molar-refractivity contribution in [3.05, 3.63) is 46.7 Å². The zero-order valence-electron chi connectivity index (χ0n) is 12.2. The van der Waals surface area contributed by atoms with E-state index < -0.39 is 0 Å². The second kappa shape index (κ2) is 7.13. The van der Waals surface area contributed by atoms with E-state index in [1.165, 1.54) is 0 Å². The molecule has 1 saturated heterocycles. The van der Waals surface area contributed by atoms with Gasteiger partial charge in [-0.15, -0.1) is 12.4 Å². The summed E-state index contributed by atoms with van der Waals surface area (Å²) in [5, 5.41) is 11.3. The lowest BCUT2D eigenvalue weighted by Crippen LogP contribution is -2.36. The molecule has 5 nitrogen and oxygen atoms in total. The second-order valence-corrected chi connectivity index (χ2v) is 5.65. The second-order valence-electron chi connectivity index (χ2n) is 5.21. The zero-order valence-corrected chi connectivity index (χ0v) is 13.7. The summed E-state index contributed by atoms with van der Waals surface area (Å²) in [6.45, 7) is 3.62. The number of hydrogen-bond donors (Lipinski definition) is 2. The first-order valence-electron chi connectivity index (χ1n) is 6.97. The van der Waals surface area contributed by atoms with Gasteiger partial charge in [0.25, 0.3) is 5.91 Å². The van der Waals surface area contributed by atoms with E-state index in [1.54, 1.807) is 23.0 Å². The van der Waals surface area contributed by atoms with Crippen molar-refractivity contribution in [3.8, 4) is 5.69 Å². The van der Waals surface area contributed by atoms with Crippen LogP contribution < -0.4 is 10.6 Å². The lowest BCUT2D eigenvalue weighted by molar-refractivity contribution is 0.0939. The van der Waals surface area contributed by atoms with Crippen LogP contribution in [0, 0.1) is 6.92 Å². The fraction of sp³-hybridized carbons (Fsp3) is 0.333. The average molecular weight is 341 g/mol. The number of nitrogens with one attached hydrogen (secondary N) is 2. The molecular formula is C15H18Cl2N4O. The van der Waals surface area contributed by atoms with Gasteiger partial charge >= 0.3 is 0 Å². The number of halogens is 2. The number of rotatable bonds is 3. The highest BCUT2D eigenvalue weighted by Gasteiger charge is 2.20. The van der Waals surface area contributed by atoms with E-state index in [2.05, 4.69) is 15.7 Å². The lowest BCUT2D eigenvalue weighted by Gasteiger charge is -2.10. The van der Waals surface area contributed by atoms with E-state index in [0.29, 0.717) is 16.3 Å². The van der Waals surface area contributed by atoms with Crippen molar-refractivity contribution in [1.82, 2.24) is 20.4 Å². The normalized spacial score (nSPS) is 17.1. The van der Waals surface area contributed by atoms with Gasteiger partial charge in [0.1, 0.15) is 0 Å². The highest BCUT2D eigenvalue weighted by molar-refractivity contribution is 6.30. The molecule has 118 valence electrons. The molecule has 2 heterocycles. The van der Waals surface area contributed by atoms with Crippen molar-refractivity contribution in [1.29, 1.82) is 0 Å². The van der Waals surface area contributed by atoms with Crippen molar-refractivity contribution >= 4 is 29.9 Å². The molecule has 0 saturated carbocycles. The Labute approximate surface area is 140 Å². The molecule has 2 aromatic rings. The molecule has 3 rings (SSSR count). The lowest BCUT2D eigenvalue weighted by atomic mass is 10.2. The Morgan fingerprint density at radius 2 is 2.14 bits per heavy atom. The molecule has 1 aromatic heterocycles. The highest BCUT2D eigenvalue weighted by atomic mass is 35.5. The van der Waals surface area contributed by atoms with Gasteiger partial charge in [-0.2, -0.15) is 5.10 Å². The van der Waals surface area contributed by atoms with Crippen LogP contribution in [-0.4, -0.2) is 34.8 Å². The minimum absolute atomic E-state index is 0. The Bertz CT molecular complexity index is 648. The number of aromatic nitrogens is 2. The van der Waals surface area contributed by atoms with Crippen LogP contribution in [0.25, 0.3) is 5.69 Å². The number of nitrogens with zero attached hydrogens (tertiary/aromatic N) is 2. The van der Waals surface area contributed by atoms with E-state index in [1.807, 2.05) is 19.1 Å². The first-order valence-corrected chi connectivity index (χ1v) is 7.35. The summed E-state index contributed by atoms with van der Waals surface area (Å²) in [6, 6.07) is 7.56. The predicted octanol–water partition coefficient (Wildman–Crippen LogP) is 2.35. The quantitative estimate of drug-likeness (QED) is 0.901. The van der Waals surface area contributed by atoms with Gasteiger partial charge in [0.05, 0.1) is 16.9 Å². The smallest absolute Gasteiger partial charge is 0.255 e. The summed E-state index contributed by atoms with van der Waals surface area (Å²) in [5.41, 5.74) is 2.20. The van der Waals surface area contributed by atoms with Crippen molar-refractivity contribution in [2.24, 2.45) is 0 Å². The SMILES string of the molecule is Cc1nn(-c2ccc(Cl)cc2)cc1C(=O)NC1CCNC1.Cl. The van der Waals surface area contributed by atoms with E-state index in [-0.39, 0.29) is 24.4 Å². The Morgan fingerprint density at radius 1 is 1.41 bits per heavy atom. The molecule has 7 heteroatoms. The van der Waals surface area contributed by atoms with Crippen LogP contribution in [0.5, 0.6) is 0 Å². The van der Waals surface area contributed by atoms with Crippen LogP contribution in [0.4, 0.5) is 0 Å². The zero-order chi connectivity index (χ0) is 14.8. The molecule has 1 aliphatic heterocycles. The number of hydrogen-bond acceptors (Lipinski definition) is 3. The van der Waals surface area contributed by atoms with Crippen LogP contribution >= 0.6 is 24.0 Å². The molecule has 22 heavy (non-hydrogen) atoms. The van der Waals surface area contributed by atoms with Gasteiger partial charge in [0, 0.05) is 23.8 Å².